The topological polar surface area (TPSA) is 101 Å². The van der Waals surface area contributed by atoms with Gasteiger partial charge in [0.15, 0.2) is 6.10 Å². The van der Waals surface area contributed by atoms with Gasteiger partial charge < -0.3 is 30.1 Å². The molecular formula is C28H34Cl2F2N4O4. The van der Waals surface area contributed by atoms with Crippen molar-refractivity contribution in [3.8, 4) is 28.6 Å². The summed E-state index contributed by atoms with van der Waals surface area (Å²) < 4.78 is 42.7. The van der Waals surface area contributed by atoms with Gasteiger partial charge in [-0.2, -0.15) is 13.8 Å². The molecule has 1 atom stereocenters. The molecule has 40 heavy (non-hydrogen) atoms. The summed E-state index contributed by atoms with van der Waals surface area (Å²) in [5.74, 6) is -4.13. The van der Waals surface area contributed by atoms with Crippen LogP contribution >= 0.6 is 24.8 Å². The molecule has 12 heteroatoms. The van der Waals surface area contributed by atoms with Crippen LogP contribution in [0.15, 0.2) is 42.5 Å². The highest BCUT2D eigenvalue weighted by Gasteiger charge is 2.31. The number of aryl methyl sites for hydroxylation is 1. The van der Waals surface area contributed by atoms with E-state index in [2.05, 4.69) is 4.98 Å². The van der Waals surface area contributed by atoms with Gasteiger partial charge in [0.05, 0.1) is 0 Å². The number of likely N-dealkylation sites (N-methyl/N-ethyl adjacent to an activating group) is 1. The number of hydrogen-bond acceptors (Lipinski definition) is 7. The van der Waals surface area contributed by atoms with Crippen LogP contribution in [0, 0.1) is 18.6 Å². The molecule has 1 aliphatic rings. The summed E-state index contributed by atoms with van der Waals surface area (Å²) in [7, 11) is 1.93. The summed E-state index contributed by atoms with van der Waals surface area (Å²) in [5, 5.41) is 9.43. The second kappa shape index (κ2) is 14.5. The van der Waals surface area contributed by atoms with E-state index in [4.69, 9.17) is 15.2 Å². The van der Waals surface area contributed by atoms with Crippen LogP contribution in [0.3, 0.4) is 0 Å². The van der Waals surface area contributed by atoms with Crippen molar-refractivity contribution in [2.45, 2.75) is 32.9 Å². The number of pyridine rings is 1. The lowest BCUT2D eigenvalue weighted by Gasteiger charge is -2.34. The minimum atomic E-state index is -1.35. The number of carbonyl (C=O) groups is 1. The number of hydrogen-bond donors (Lipinski definition) is 2. The summed E-state index contributed by atoms with van der Waals surface area (Å²) in [4.78, 5) is 19.1. The minimum absolute atomic E-state index is 0. The molecule has 1 fully saturated rings. The molecule has 8 nitrogen and oxygen atoms in total. The second-order valence-electron chi connectivity index (χ2n) is 9.38. The van der Waals surface area contributed by atoms with Crippen molar-refractivity contribution in [2.24, 2.45) is 5.73 Å². The fraction of sp³-hybridized carbons (Fsp3) is 0.357. The quantitative estimate of drug-likeness (QED) is 0.336. The zero-order chi connectivity index (χ0) is 27.4. The Morgan fingerprint density at radius 1 is 1.05 bits per heavy atom. The van der Waals surface area contributed by atoms with Crippen molar-refractivity contribution in [3.63, 3.8) is 0 Å². The van der Waals surface area contributed by atoms with E-state index in [1.807, 2.05) is 49.2 Å². The van der Waals surface area contributed by atoms with Crippen molar-refractivity contribution in [3.05, 3.63) is 65.2 Å². The number of anilines is 1. The fourth-order valence-corrected chi connectivity index (χ4v) is 4.35. The number of aromatic nitrogens is 1. The second-order valence-corrected chi connectivity index (χ2v) is 9.38. The average molecular weight is 600 g/mol. The van der Waals surface area contributed by atoms with Crippen molar-refractivity contribution in [2.75, 3.05) is 38.1 Å². The maximum Gasteiger partial charge on any atom is 0.344 e. The summed E-state index contributed by atoms with van der Waals surface area (Å²) in [5.41, 5.74) is 8.98. The molecule has 0 aliphatic carbocycles. The van der Waals surface area contributed by atoms with Crippen molar-refractivity contribution in [1.29, 1.82) is 0 Å². The number of carboxylic acid groups (broad SMARTS) is 1. The normalized spacial score (nSPS) is 14.1. The molecule has 4 rings (SSSR count). The molecule has 0 saturated carbocycles. The van der Waals surface area contributed by atoms with Gasteiger partial charge in [-0.25, -0.2) is 4.79 Å². The highest BCUT2D eigenvalue weighted by Crippen LogP contribution is 2.38. The molecule has 2 heterocycles. The van der Waals surface area contributed by atoms with Gasteiger partial charge in [0, 0.05) is 32.7 Å². The van der Waals surface area contributed by atoms with E-state index < -0.39 is 35.5 Å². The van der Waals surface area contributed by atoms with Gasteiger partial charge in [0.25, 0.3) is 11.8 Å². The molecular weight excluding hydrogens is 565 g/mol. The van der Waals surface area contributed by atoms with E-state index >= 15 is 8.78 Å². The maximum atomic E-state index is 15.8. The first kappa shape index (κ1) is 33.0. The summed E-state index contributed by atoms with van der Waals surface area (Å²) in [6.45, 7) is 5.80. The molecule has 1 saturated heterocycles. The van der Waals surface area contributed by atoms with E-state index in [1.54, 1.807) is 24.0 Å². The Bertz CT molecular complexity index is 1320. The zero-order valence-corrected chi connectivity index (χ0v) is 24.2. The molecule has 0 radical (unpaired) electrons. The molecule has 0 amide bonds. The van der Waals surface area contributed by atoms with E-state index in [0.717, 1.165) is 22.3 Å². The Balaban J connectivity index is 0.00000280. The van der Waals surface area contributed by atoms with Crippen LogP contribution in [-0.4, -0.2) is 60.3 Å². The lowest BCUT2D eigenvalue weighted by molar-refractivity contribution is -0.145. The highest BCUT2D eigenvalue weighted by molar-refractivity contribution is 5.85. The number of nitrogens with two attached hydrogens (primary N) is 1. The number of aliphatic carboxylic acids is 1. The zero-order valence-electron chi connectivity index (χ0n) is 22.5. The summed E-state index contributed by atoms with van der Waals surface area (Å²) in [6, 6.07) is 13.1. The molecule has 0 spiro atoms. The van der Waals surface area contributed by atoms with Gasteiger partial charge in [0.2, 0.25) is 11.6 Å². The molecule has 0 bridgehead atoms. The molecule has 3 aromatic rings. The first-order valence-electron chi connectivity index (χ1n) is 12.5. The van der Waals surface area contributed by atoms with Crippen molar-refractivity contribution < 1.29 is 28.2 Å². The van der Waals surface area contributed by atoms with E-state index in [1.165, 1.54) is 0 Å². The van der Waals surface area contributed by atoms with Gasteiger partial charge in [-0.05, 0) is 60.8 Å². The van der Waals surface area contributed by atoms with Crippen LogP contribution in [0.1, 0.15) is 24.5 Å². The van der Waals surface area contributed by atoms with Crippen LogP contribution in [0.2, 0.25) is 0 Å². The Hall–Kier alpha value is -3.18. The van der Waals surface area contributed by atoms with E-state index in [9.17, 15) is 9.90 Å². The Morgan fingerprint density at radius 2 is 1.73 bits per heavy atom. The molecule has 2 aromatic carbocycles. The maximum absolute atomic E-state index is 15.8. The van der Waals surface area contributed by atoms with Crippen molar-refractivity contribution in [1.82, 2.24) is 9.88 Å². The van der Waals surface area contributed by atoms with Gasteiger partial charge >= 0.3 is 5.97 Å². The number of ether oxygens (including phenoxy) is 2. The Kier molecular flexibility index (Phi) is 11.9. The predicted molar refractivity (Wildman–Crippen MR) is 155 cm³/mol. The van der Waals surface area contributed by atoms with Gasteiger partial charge in [-0.3, -0.25) is 0 Å². The number of halogens is 4. The first-order valence-corrected chi connectivity index (χ1v) is 12.5. The van der Waals surface area contributed by atoms with E-state index in [-0.39, 0.29) is 42.7 Å². The minimum Gasteiger partial charge on any atom is -0.479 e. The monoisotopic (exact) mass is 598 g/mol. The molecule has 0 unspecified atom stereocenters. The highest BCUT2D eigenvalue weighted by atomic mass is 35.5. The number of nitrogens with zero attached hydrogens (tertiary/aromatic N) is 3. The van der Waals surface area contributed by atoms with Gasteiger partial charge in [0.1, 0.15) is 11.4 Å². The van der Waals surface area contributed by atoms with Crippen LogP contribution < -0.4 is 20.1 Å². The van der Waals surface area contributed by atoms with Gasteiger partial charge in [-0.1, -0.05) is 31.2 Å². The third-order valence-electron chi connectivity index (χ3n) is 6.48. The largest absolute Gasteiger partial charge is 0.479 e. The van der Waals surface area contributed by atoms with Crippen LogP contribution in [0.4, 0.5) is 14.5 Å². The number of piperazine rings is 1. The standard InChI is InChI=1S/C28H32F2N4O4.2ClH/c1-4-22(28(35)36)38-27-24(30)25(34-10-8-33(3)9-11-34)23(29)26(32-27)37-21-13-17(2)12-20(15-21)19-7-5-6-18(14-19)16-31;;/h5-7,12-15,22H,4,8-11,16,31H2,1-3H3,(H,35,36);2*1H/t22-;;/m1../s1. The lowest BCUT2D eigenvalue weighted by atomic mass is 10.0. The number of carboxylic acids is 1. The number of rotatable bonds is 9. The first-order chi connectivity index (χ1) is 18.2. The number of benzene rings is 2. The summed E-state index contributed by atoms with van der Waals surface area (Å²) in [6.07, 6.45) is -1.28. The molecule has 1 aromatic heterocycles. The third-order valence-corrected chi connectivity index (χ3v) is 6.48. The van der Waals surface area contributed by atoms with E-state index in [0.29, 0.717) is 32.7 Å². The Labute approximate surface area is 244 Å². The van der Waals surface area contributed by atoms with Crippen LogP contribution in [0.25, 0.3) is 11.1 Å². The smallest absolute Gasteiger partial charge is 0.344 e. The fourth-order valence-electron chi connectivity index (χ4n) is 4.35. The lowest BCUT2D eigenvalue weighted by Crippen LogP contribution is -2.45. The summed E-state index contributed by atoms with van der Waals surface area (Å²) >= 11 is 0. The Morgan fingerprint density at radius 3 is 2.35 bits per heavy atom. The van der Waals surface area contributed by atoms with Gasteiger partial charge in [-0.15, -0.1) is 24.8 Å². The van der Waals surface area contributed by atoms with Crippen LogP contribution in [0.5, 0.6) is 17.5 Å². The average Bonchev–Trinajstić information content (AvgIpc) is 2.90. The molecule has 218 valence electrons. The molecule has 1 aliphatic heterocycles. The predicted octanol–water partition coefficient (Wildman–Crippen LogP) is 5.42. The third kappa shape index (κ3) is 7.51. The molecule has 3 N–H and O–H groups in total. The SMILES string of the molecule is CC[C@@H](Oc1nc(Oc2cc(C)cc(-c3cccc(CN)c3)c2)c(F)c(N2CCN(C)CC2)c1F)C(=O)O.Cl.Cl. The van der Waals surface area contributed by atoms with Crippen molar-refractivity contribution >= 4 is 36.5 Å². The van der Waals surface area contributed by atoms with Crippen LogP contribution in [-0.2, 0) is 11.3 Å².